The highest BCUT2D eigenvalue weighted by molar-refractivity contribution is 7.99. The average molecular weight is 559 g/mol. The van der Waals surface area contributed by atoms with Crippen LogP contribution in [0.1, 0.15) is 93.7 Å². The summed E-state index contributed by atoms with van der Waals surface area (Å²) in [5.41, 5.74) is 5.21. The van der Waals surface area contributed by atoms with Gasteiger partial charge in [0.25, 0.3) is 0 Å². The van der Waals surface area contributed by atoms with Crippen molar-refractivity contribution in [2.24, 2.45) is 17.3 Å². The number of nitrogens with zero attached hydrogens (tertiary/aromatic N) is 4. The summed E-state index contributed by atoms with van der Waals surface area (Å²) in [5.74, 6) is 4.49. The van der Waals surface area contributed by atoms with Crippen LogP contribution in [0.15, 0.2) is 47.6 Å². The third-order valence-corrected chi connectivity index (χ3v) is 10.9. The van der Waals surface area contributed by atoms with Crippen LogP contribution in [0.5, 0.6) is 5.75 Å². The molecule has 0 N–H and O–H groups in total. The minimum atomic E-state index is -0.0410. The smallest absolute Gasteiger partial charge is 0.214 e. The van der Waals surface area contributed by atoms with Crippen molar-refractivity contribution in [2.45, 2.75) is 95.6 Å². The van der Waals surface area contributed by atoms with E-state index in [0.717, 1.165) is 67.5 Å². The minimum absolute atomic E-state index is 0.0410. The van der Waals surface area contributed by atoms with E-state index >= 15 is 0 Å². The van der Waals surface area contributed by atoms with Crippen molar-refractivity contribution in [2.75, 3.05) is 12.4 Å². The van der Waals surface area contributed by atoms with E-state index in [2.05, 4.69) is 71.8 Å². The molecule has 2 saturated carbocycles. The molecule has 1 aromatic heterocycles. The van der Waals surface area contributed by atoms with Gasteiger partial charge in [-0.25, -0.2) is 0 Å². The van der Waals surface area contributed by atoms with E-state index in [1.54, 1.807) is 11.8 Å². The fraction of sp³-hybridized carbons (Fsp3) is 0.576. The fourth-order valence-corrected chi connectivity index (χ4v) is 8.51. The zero-order valence-electron chi connectivity index (χ0n) is 24.0. The standard InChI is InChI=1S/C33H42N4O2S/c1-23-8-11-25(12-9-23)37-32(34-35-36-37)40-21-7-5-3-4-6-20-39-26-13-15-27-24(22-26)10-14-29-28(27)18-19-33(2)30(29)16-17-31(33)38/h8-9,11-13,15,22,28-30H,3-7,10,14,16-21H2,1-2H3/t28?,29?,30?,33-/m0/s1. The number of Topliss-reactive ketones (excluding diaryl/α,β-unsaturated/α-hetero) is 1. The van der Waals surface area contributed by atoms with Crippen molar-refractivity contribution in [1.29, 1.82) is 0 Å². The predicted octanol–water partition coefficient (Wildman–Crippen LogP) is 7.52. The molecule has 3 aliphatic rings. The van der Waals surface area contributed by atoms with Crippen LogP contribution < -0.4 is 4.74 Å². The predicted molar refractivity (Wildman–Crippen MR) is 159 cm³/mol. The van der Waals surface area contributed by atoms with Crippen LogP contribution in [0, 0.1) is 24.2 Å². The van der Waals surface area contributed by atoms with E-state index in [4.69, 9.17) is 4.74 Å². The number of carbonyl (C=O) groups excluding carboxylic acids is 1. The first-order valence-corrected chi connectivity index (χ1v) is 16.3. The number of rotatable bonds is 11. The zero-order chi connectivity index (χ0) is 27.5. The molecule has 0 aliphatic heterocycles. The van der Waals surface area contributed by atoms with E-state index in [1.807, 2.05) is 4.68 Å². The van der Waals surface area contributed by atoms with Crippen LogP contribution in [0.3, 0.4) is 0 Å². The molecule has 0 bridgehead atoms. The Morgan fingerprint density at radius 1 is 1.00 bits per heavy atom. The Balaban J connectivity index is 0.891. The molecule has 6 rings (SSSR count). The average Bonchev–Trinajstić information content (AvgIpc) is 3.56. The lowest BCUT2D eigenvalue weighted by atomic mass is 9.55. The number of hydrogen-bond acceptors (Lipinski definition) is 6. The number of aromatic nitrogens is 4. The number of ketones is 1. The van der Waals surface area contributed by atoms with E-state index < -0.39 is 0 Å². The number of thioether (sulfide) groups is 1. The Hall–Kier alpha value is -2.67. The molecule has 40 heavy (non-hydrogen) atoms. The molecule has 4 atom stereocenters. The van der Waals surface area contributed by atoms with Crippen molar-refractivity contribution < 1.29 is 9.53 Å². The Kier molecular flexibility index (Phi) is 8.29. The summed E-state index contributed by atoms with van der Waals surface area (Å²) in [6, 6.07) is 15.1. The molecule has 3 aromatic rings. The van der Waals surface area contributed by atoms with E-state index in [1.165, 1.54) is 48.8 Å². The first-order valence-electron chi connectivity index (χ1n) is 15.3. The number of benzene rings is 2. The lowest BCUT2D eigenvalue weighted by molar-refractivity contribution is -0.129. The highest BCUT2D eigenvalue weighted by atomic mass is 32.2. The largest absolute Gasteiger partial charge is 0.494 e. The molecule has 1 heterocycles. The van der Waals surface area contributed by atoms with Gasteiger partial charge in [0.15, 0.2) is 0 Å². The summed E-state index contributed by atoms with van der Waals surface area (Å²) in [7, 11) is 0. The molecule has 2 aromatic carbocycles. The van der Waals surface area contributed by atoms with Crippen LogP contribution in [0.4, 0.5) is 0 Å². The lowest BCUT2D eigenvalue weighted by Gasteiger charge is -2.48. The van der Waals surface area contributed by atoms with Gasteiger partial charge in [0.05, 0.1) is 12.3 Å². The van der Waals surface area contributed by atoms with Crippen molar-refractivity contribution in [1.82, 2.24) is 20.2 Å². The molecule has 0 spiro atoms. The van der Waals surface area contributed by atoms with Gasteiger partial charge in [-0.3, -0.25) is 4.79 Å². The number of fused-ring (bicyclic) bond motifs is 5. The quantitative estimate of drug-likeness (QED) is 0.179. The molecule has 0 radical (unpaired) electrons. The minimum Gasteiger partial charge on any atom is -0.494 e. The third-order valence-electron chi connectivity index (χ3n) is 9.92. The SMILES string of the molecule is Cc1ccc(-n2nnnc2SCCCCCCCOc2ccc3c(c2)CCC2C3CC[C@]3(C)C(=O)CCC23)cc1. The highest BCUT2D eigenvalue weighted by Crippen LogP contribution is 2.59. The van der Waals surface area contributed by atoms with Gasteiger partial charge >= 0.3 is 0 Å². The van der Waals surface area contributed by atoms with Crippen LogP contribution in [-0.2, 0) is 11.2 Å². The van der Waals surface area contributed by atoms with Crippen LogP contribution >= 0.6 is 11.8 Å². The highest BCUT2D eigenvalue weighted by Gasteiger charge is 2.54. The molecule has 6 nitrogen and oxygen atoms in total. The van der Waals surface area contributed by atoms with Gasteiger partial charge in [-0.05, 0) is 115 Å². The Bertz CT molecular complexity index is 1320. The molecule has 212 valence electrons. The van der Waals surface area contributed by atoms with Gasteiger partial charge in [0, 0.05) is 17.6 Å². The summed E-state index contributed by atoms with van der Waals surface area (Å²) < 4.78 is 8.00. The van der Waals surface area contributed by atoms with Gasteiger partial charge in [0.1, 0.15) is 11.5 Å². The number of tetrazole rings is 1. The van der Waals surface area contributed by atoms with Gasteiger partial charge in [-0.15, -0.1) is 5.10 Å². The second-order valence-corrected chi connectivity index (χ2v) is 13.4. The van der Waals surface area contributed by atoms with Gasteiger partial charge in [-0.2, -0.15) is 4.68 Å². The molecular formula is C33H42N4O2S. The third kappa shape index (κ3) is 5.59. The first-order chi connectivity index (χ1) is 19.5. The summed E-state index contributed by atoms with van der Waals surface area (Å²) in [5, 5.41) is 13.1. The van der Waals surface area contributed by atoms with Crippen molar-refractivity contribution >= 4 is 17.5 Å². The molecule has 0 amide bonds. The van der Waals surface area contributed by atoms with Gasteiger partial charge in [-0.1, -0.05) is 61.7 Å². The Labute approximate surface area is 242 Å². The maximum Gasteiger partial charge on any atom is 0.214 e. The Morgan fingerprint density at radius 3 is 2.70 bits per heavy atom. The van der Waals surface area contributed by atoms with Gasteiger partial charge in [0.2, 0.25) is 5.16 Å². The number of carbonyl (C=O) groups is 1. The molecule has 3 aliphatic carbocycles. The van der Waals surface area contributed by atoms with Gasteiger partial charge < -0.3 is 4.74 Å². The molecule has 0 saturated heterocycles. The second kappa shape index (κ2) is 12.1. The topological polar surface area (TPSA) is 69.9 Å². The summed E-state index contributed by atoms with van der Waals surface area (Å²) >= 11 is 1.73. The normalized spacial score (nSPS) is 25.4. The molecular weight excluding hydrogens is 516 g/mol. The van der Waals surface area contributed by atoms with Crippen molar-refractivity contribution in [3.8, 4) is 11.4 Å². The van der Waals surface area contributed by atoms with Crippen LogP contribution in [0.25, 0.3) is 5.69 Å². The molecule has 7 heteroatoms. The van der Waals surface area contributed by atoms with Crippen LogP contribution in [-0.4, -0.2) is 38.4 Å². The fourth-order valence-electron chi connectivity index (χ4n) is 7.62. The number of aryl methyl sites for hydroxylation is 2. The monoisotopic (exact) mass is 558 g/mol. The number of hydrogen-bond donors (Lipinski definition) is 0. The first kappa shape index (κ1) is 27.5. The summed E-state index contributed by atoms with van der Waals surface area (Å²) in [4.78, 5) is 12.6. The second-order valence-electron chi connectivity index (χ2n) is 12.4. The van der Waals surface area contributed by atoms with Crippen LogP contribution in [0.2, 0.25) is 0 Å². The van der Waals surface area contributed by atoms with E-state index in [-0.39, 0.29) is 5.41 Å². The lowest BCUT2D eigenvalue weighted by Crippen LogP contribution is -2.42. The van der Waals surface area contributed by atoms with E-state index in [0.29, 0.717) is 23.5 Å². The Morgan fingerprint density at radius 2 is 1.82 bits per heavy atom. The summed E-state index contributed by atoms with van der Waals surface area (Å²) in [6.07, 6.45) is 12.4. The number of ether oxygens (including phenoxy) is 1. The molecule has 2 fully saturated rings. The van der Waals surface area contributed by atoms with E-state index in [9.17, 15) is 4.79 Å². The maximum absolute atomic E-state index is 12.6. The molecule has 3 unspecified atom stereocenters. The van der Waals surface area contributed by atoms with Crippen molar-refractivity contribution in [3.63, 3.8) is 0 Å². The van der Waals surface area contributed by atoms with Crippen molar-refractivity contribution in [3.05, 3.63) is 59.2 Å². The number of unbranched alkanes of at least 4 members (excludes halogenated alkanes) is 4. The summed E-state index contributed by atoms with van der Waals surface area (Å²) in [6.45, 7) is 5.13. The zero-order valence-corrected chi connectivity index (χ0v) is 24.8. The maximum atomic E-state index is 12.6.